The van der Waals surface area contributed by atoms with Crippen LogP contribution in [0.2, 0.25) is 0 Å². The summed E-state index contributed by atoms with van der Waals surface area (Å²) in [7, 11) is 0. The number of carboxylic acid groups (broad SMARTS) is 1. The highest BCUT2D eigenvalue weighted by molar-refractivity contribution is 5.94. The van der Waals surface area contributed by atoms with Crippen molar-refractivity contribution in [1.29, 1.82) is 0 Å². The molecule has 0 aliphatic rings. The third-order valence-electron chi connectivity index (χ3n) is 2.62. The molecule has 0 radical (unpaired) electrons. The highest BCUT2D eigenvalue weighted by atomic mass is 16.4. The summed E-state index contributed by atoms with van der Waals surface area (Å²) in [6, 6.07) is 13.6. The van der Waals surface area contributed by atoms with Gasteiger partial charge < -0.3 is 15.5 Å². The van der Waals surface area contributed by atoms with Crippen LogP contribution in [0.25, 0.3) is 0 Å². The van der Waals surface area contributed by atoms with Gasteiger partial charge in [-0.15, -0.1) is 0 Å². The van der Waals surface area contributed by atoms with Crippen molar-refractivity contribution in [1.82, 2.24) is 0 Å². The SMILES string of the molecule is O=C(O)c1ccccc1NCc1ccccc1O. The van der Waals surface area contributed by atoms with Gasteiger partial charge in [-0.25, -0.2) is 4.79 Å². The maximum atomic E-state index is 11.0. The van der Waals surface area contributed by atoms with Crippen LogP contribution in [0.15, 0.2) is 48.5 Å². The van der Waals surface area contributed by atoms with Gasteiger partial charge in [0, 0.05) is 17.8 Å². The van der Waals surface area contributed by atoms with Gasteiger partial charge in [0.25, 0.3) is 0 Å². The van der Waals surface area contributed by atoms with Gasteiger partial charge in [0.1, 0.15) is 5.75 Å². The first-order valence-electron chi connectivity index (χ1n) is 5.51. The van der Waals surface area contributed by atoms with Crippen LogP contribution in [-0.2, 0) is 6.54 Å². The average molecular weight is 243 g/mol. The fourth-order valence-corrected chi connectivity index (χ4v) is 1.67. The molecule has 0 saturated carbocycles. The van der Waals surface area contributed by atoms with E-state index in [-0.39, 0.29) is 11.3 Å². The first kappa shape index (κ1) is 12.0. The maximum absolute atomic E-state index is 11.0. The van der Waals surface area contributed by atoms with Crippen LogP contribution in [0.1, 0.15) is 15.9 Å². The molecule has 2 aromatic carbocycles. The minimum absolute atomic E-state index is 0.192. The number of rotatable bonds is 4. The predicted octanol–water partition coefficient (Wildman–Crippen LogP) is 2.70. The van der Waals surface area contributed by atoms with E-state index in [2.05, 4.69) is 5.32 Å². The van der Waals surface area contributed by atoms with E-state index in [0.29, 0.717) is 12.2 Å². The molecule has 0 unspecified atom stereocenters. The lowest BCUT2D eigenvalue weighted by Gasteiger charge is -2.10. The summed E-state index contributed by atoms with van der Waals surface area (Å²) in [5.41, 5.74) is 1.47. The standard InChI is InChI=1S/C14H13NO3/c16-13-8-4-1-5-10(13)9-15-12-7-3-2-6-11(12)14(17)18/h1-8,15-16H,9H2,(H,17,18). The smallest absolute Gasteiger partial charge is 0.337 e. The van der Waals surface area contributed by atoms with Gasteiger partial charge in [-0.3, -0.25) is 0 Å². The van der Waals surface area contributed by atoms with Crippen molar-refractivity contribution in [3.05, 3.63) is 59.7 Å². The molecule has 2 aromatic rings. The first-order chi connectivity index (χ1) is 8.68. The number of nitrogens with one attached hydrogen (secondary N) is 1. The van der Waals surface area contributed by atoms with Crippen molar-refractivity contribution in [3.8, 4) is 5.75 Å². The van der Waals surface area contributed by atoms with Crippen molar-refractivity contribution >= 4 is 11.7 Å². The second kappa shape index (κ2) is 5.23. The Morgan fingerprint density at radius 1 is 1.06 bits per heavy atom. The zero-order valence-electron chi connectivity index (χ0n) is 9.63. The summed E-state index contributed by atoms with van der Waals surface area (Å²) in [6.45, 7) is 0.372. The largest absolute Gasteiger partial charge is 0.508 e. The van der Waals surface area contributed by atoms with E-state index in [9.17, 15) is 9.90 Å². The summed E-state index contributed by atoms with van der Waals surface area (Å²) < 4.78 is 0. The molecule has 0 spiro atoms. The lowest BCUT2D eigenvalue weighted by molar-refractivity contribution is 0.0698. The average Bonchev–Trinajstić information content (AvgIpc) is 2.38. The normalized spacial score (nSPS) is 10.0. The molecule has 0 atom stereocenters. The second-order valence-corrected chi connectivity index (χ2v) is 3.83. The zero-order chi connectivity index (χ0) is 13.0. The van der Waals surface area contributed by atoms with Crippen LogP contribution in [0.4, 0.5) is 5.69 Å². The van der Waals surface area contributed by atoms with Crippen LogP contribution in [0.3, 0.4) is 0 Å². The molecule has 0 heterocycles. The van der Waals surface area contributed by atoms with Crippen LogP contribution >= 0.6 is 0 Å². The van der Waals surface area contributed by atoms with E-state index >= 15 is 0 Å². The lowest BCUT2D eigenvalue weighted by Crippen LogP contribution is -2.06. The molecular formula is C14H13NO3. The number of anilines is 1. The lowest BCUT2D eigenvalue weighted by atomic mass is 10.1. The second-order valence-electron chi connectivity index (χ2n) is 3.83. The topological polar surface area (TPSA) is 69.6 Å². The van der Waals surface area contributed by atoms with E-state index in [1.165, 1.54) is 6.07 Å². The van der Waals surface area contributed by atoms with Crippen LogP contribution in [0.5, 0.6) is 5.75 Å². The third-order valence-corrected chi connectivity index (χ3v) is 2.62. The fourth-order valence-electron chi connectivity index (χ4n) is 1.67. The molecule has 0 aliphatic heterocycles. The zero-order valence-corrected chi connectivity index (χ0v) is 9.63. The van der Waals surface area contributed by atoms with Gasteiger partial charge in [-0.1, -0.05) is 30.3 Å². The van der Waals surface area contributed by atoms with E-state index in [0.717, 1.165) is 5.56 Å². The third kappa shape index (κ3) is 2.60. The molecule has 0 saturated heterocycles. The summed E-state index contributed by atoms with van der Waals surface area (Å²) in [5.74, 6) is -0.784. The van der Waals surface area contributed by atoms with Gasteiger partial charge in [0.2, 0.25) is 0 Å². The number of carboxylic acids is 1. The Morgan fingerprint density at radius 2 is 1.72 bits per heavy atom. The number of hydrogen-bond acceptors (Lipinski definition) is 3. The van der Waals surface area contributed by atoms with Gasteiger partial charge in [0.15, 0.2) is 0 Å². The molecule has 0 amide bonds. The number of aromatic carboxylic acids is 1. The van der Waals surface area contributed by atoms with Crippen molar-refractivity contribution in [2.24, 2.45) is 0 Å². The number of aromatic hydroxyl groups is 1. The van der Waals surface area contributed by atoms with E-state index in [1.54, 1.807) is 36.4 Å². The fraction of sp³-hybridized carbons (Fsp3) is 0.0714. The Balaban J connectivity index is 2.16. The Labute approximate surface area is 105 Å². The van der Waals surface area contributed by atoms with Crippen molar-refractivity contribution < 1.29 is 15.0 Å². The molecule has 4 nitrogen and oxygen atoms in total. The summed E-state index contributed by atoms with van der Waals surface area (Å²) >= 11 is 0. The van der Waals surface area contributed by atoms with Crippen molar-refractivity contribution in [3.63, 3.8) is 0 Å². The molecular weight excluding hydrogens is 230 g/mol. The molecule has 0 aromatic heterocycles. The highest BCUT2D eigenvalue weighted by Gasteiger charge is 2.08. The van der Waals surface area contributed by atoms with Gasteiger partial charge in [-0.2, -0.15) is 0 Å². The molecule has 3 N–H and O–H groups in total. The number of benzene rings is 2. The monoisotopic (exact) mass is 243 g/mol. The molecule has 0 bridgehead atoms. The van der Waals surface area contributed by atoms with Gasteiger partial charge >= 0.3 is 5.97 Å². The highest BCUT2D eigenvalue weighted by Crippen LogP contribution is 2.20. The molecule has 0 aliphatic carbocycles. The first-order valence-corrected chi connectivity index (χ1v) is 5.51. The molecule has 92 valence electrons. The number of para-hydroxylation sites is 2. The molecule has 18 heavy (non-hydrogen) atoms. The molecule has 0 fully saturated rings. The van der Waals surface area contributed by atoms with Gasteiger partial charge in [-0.05, 0) is 18.2 Å². The van der Waals surface area contributed by atoms with Crippen LogP contribution < -0.4 is 5.32 Å². The van der Waals surface area contributed by atoms with Crippen molar-refractivity contribution in [2.45, 2.75) is 6.54 Å². The summed E-state index contributed by atoms with van der Waals surface area (Å²) in [5, 5.41) is 21.6. The maximum Gasteiger partial charge on any atom is 0.337 e. The van der Waals surface area contributed by atoms with Crippen LogP contribution in [0, 0.1) is 0 Å². The minimum Gasteiger partial charge on any atom is -0.508 e. The molecule has 4 heteroatoms. The molecule has 2 rings (SSSR count). The Hall–Kier alpha value is -2.49. The van der Waals surface area contributed by atoms with Crippen molar-refractivity contribution in [2.75, 3.05) is 5.32 Å². The number of hydrogen-bond donors (Lipinski definition) is 3. The Bertz CT molecular complexity index is 566. The summed E-state index contributed by atoms with van der Waals surface area (Å²) in [6.07, 6.45) is 0. The van der Waals surface area contributed by atoms with Gasteiger partial charge in [0.05, 0.1) is 5.56 Å². The van der Waals surface area contributed by atoms with E-state index in [1.807, 2.05) is 6.07 Å². The quantitative estimate of drug-likeness (QED) is 0.772. The van der Waals surface area contributed by atoms with Crippen LogP contribution in [-0.4, -0.2) is 16.2 Å². The summed E-state index contributed by atoms with van der Waals surface area (Å²) in [4.78, 5) is 11.0. The minimum atomic E-state index is -0.976. The Kier molecular flexibility index (Phi) is 3.48. The predicted molar refractivity (Wildman–Crippen MR) is 68.8 cm³/mol. The van der Waals surface area contributed by atoms with E-state index in [4.69, 9.17) is 5.11 Å². The Morgan fingerprint density at radius 3 is 2.44 bits per heavy atom. The van der Waals surface area contributed by atoms with E-state index < -0.39 is 5.97 Å². The number of carbonyl (C=O) groups is 1. The number of phenols is 1. The number of phenolic OH excluding ortho intramolecular Hbond substituents is 1.